The smallest absolute Gasteiger partial charge is 0.407 e. The van der Waals surface area contributed by atoms with Crippen LogP contribution in [0.5, 0.6) is 0 Å². The standard InChI is InChI=1S/C14H23NO3/c1-5-9-12(16)10-7-6-8-11-15-13(17)18-14(2,3)4/h6-8,10-11H2,1-4H3,(H,15,17). The summed E-state index contributed by atoms with van der Waals surface area (Å²) in [5.74, 6) is 5.07. The number of carbonyl (C=O) groups is 2. The van der Waals surface area contributed by atoms with E-state index in [2.05, 4.69) is 17.2 Å². The third-order valence-electron chi connectivity index (χ3n) is 2.01. The Labute approximate surface area is 109 Å². The van der Waals surface area contributed by atoms with Crippen molar-refractivity contribution in [2.75, 3.05) is 6.54 Å². The summed E-state index contributed by atoms with van der Waals surface area (Å²) in [6.45, 7) is 7.71. The summed E-state index contributed by atoms with van der Waals surface area (Å²) in [6, 6.07) is 0. The number of rotatable bonds is 6. The lowest BCUT2D eigenvalue weighted by molar-refractivity contribution is -0.113. The number of Topliss-reactive ketones (excluding diaryl/α,β-unsaturated/α-hetero) is 1. The Bertz CT molecular complexity index is 331. The van der Waals surface area contributed by atoms with E-state index < -0.39 is 11.7 Å². The van der Waals surface area contributed by atoms with Gasteiger partial charge in [0.05, 0.1) is 0 Å². The van der Waals surface area contributed by atoms with Crippen LogP contribution in [0, 0.1) is 11.8 Å². The van der Waals surface area contributed by atoms with Gasteiger partial charge in [-0.15, -0.1) is 0 Å². The first-order chi connectivity index (χ1) is 8.35. The average molecular weight is 253 g/mol. The molecule has 0 radical (unpaired) electrons. The zero-order chi connectivity index (χ0) is 14.0. The molecule has 18 heavy (non-hydrogen) atoms. The minimum absolute atomic E-state index is 0.0161. The molecule has 0 saturated carbocycles. The third kappa shape index (κ3) is 11.0. The SMILES string of the molecule is CC#CC(=O)CCCCCNC(=O)OC(C)(C)C. The van der Waals surface area contributed by atoms with E-state index in [1.54, 1.807) is 6.92 Å². The Kier molecular flexibility index (Phi) is 7.86. The Hall–Kier alpha value is -1.50. The molecule has 4 nitrogen and oxygen atoms in total. The van der Waals surface area contributed by atoms with Crippen molar-refractivity contribution in [3.05, 3.63) is 0 Å². The van der Waals surface area contributed by atoms with E-state index in [1.807, 2.05) is 20.8 Å². The van der Waals surface area contributed by atoms with Gasteiger partial charge in [0, 0.05) is 13.0 Å². The zero-order valence-electron chi connectivity index (χ0n) is 11.8. The van der Waals surface area contributed by atoms with Crippen molar-refractivity contribution >= 4 is 11.9 Å². The summed E-state index contributed by atoms with van der Waals surface area (Å²) >= 11 is 0. The normalized spacial score (nSPS) is 10.2. The summed E-state index contributed by atoms with van der Waals surface area (Å²) in [5.41, 5.74) is -0.463. The van der Waals surface area contributed by atoms with Gasteiger partial charge in [-0.1, -0.05) is 12.3 Å². The van der Waals surface area contributed by atoms with Crippen molar-refractivity contribution in [3.63, 3.8) is 0 Å². The number of nitrogens with one attached hydrogen (secondary N) is 1. The molecule has 1 N–H and O–H groups in total. The van der Waals surface area contributed by atoms with Crippen LogP contribution in [0.3, 0.4) is 0 Å². The van der Waals surface area contributed by atoms with Crippen molar-refractivity contribution in [1.29, 1.82) is 0 Å². The number of ketones is 1. The Morgan fingerprint density at radius 1 is 1.17 bits per heavy atom. The maximum absolute atomic E-state index is 11.3. The van der Waals surface area contributed by atoms with Crippen molar-refractivity contribution in [2.24, 2.45) is 0 Å². The predicted octanol–water partition coefficient (Wildman–Crippen LogP) is 2.66. The van der Waals surface area contributed by atoms with E-state index in [0.717, 1.165) is 19.3 Å². The van der Waals surface area contributed by atoms with E-state index >= 15 is 0 Å². The van der Waals surface area contributed by atoms with Crippen LogP contribution in [-0.4, -0.2) is 24.0 Å². The number of unbranched alkanes of at least 4 members (excludes halogenated alkanes) is 2. The number of hydrogen-bond acceptors (Lipinski definition) is 3. The molecule has 0 aliphatic heterocycles. The third-order valence-corrected chi connectivity index (χ3v) is 2.01. The lowest BCUT2D eigenvalue weighted by atomic mass is 10.1. The van der Waals surface area contributed by atoms with Gasteiger partial charge in [0.2, 0.25) is 5.78 Å². The number of ether oxygens (including phenoxy) is 1. The molecule has 0 aromatic carbocycles. The second-order valence-electron chi connectivity index (χ2n) is 5.04. The maximum atomic E-state index is 11.3. The monoisotopic (exact) mass is 253 g/mol. The molecule has 0 aliphatic carbocycles. The first kappa shape index (κ1) is 16.5. The van der Waals surface area contributed by atoms with Crippen LogP contribution in [0.15, 0.2) is 0 Å². The molecular weight excluding hydrogens is 230 g/mol. The van der Waals surface area contributed by atoms with E-state index in [0.29, 0.717) is 13.0 Å². The van der Waals surface area contributed by atoms with Crippen molar-refractivity contribution in [3.8, 4) is 11.8 Å². The van der Waals surface area contributed by atoms with Gasteiger partial charge in [-0.2, -0.15) is 0 Å². The second kappa shape index (κ2) is 8.57. The highest BCUT2D eigenvalue weighted by atomic mass is 16.6. The summed E-state index contributed by atoms with van der Waals surface area (Å²) in [4.78, 5) is 22.4. The molecule has 0 spiro atoms. The highest BCUT2D eigenvalue weighted by Crippen LogP contribution is 2.06. The van der Waals surface area contributed by atoms with Crippen LogP contribution >= 0.6 is 0 Å². The zero-order valence-corrected chi connectivity index (χ0v) is 11.8. The van der Waals surface area contributed by atoms with Gasteiger partial charge >= 0.3 is 6.09 Å². The molecule has 0 aliphatic rings. The minimum Gasteiger partial charge on any atom is -0.444 e. The number of amides is 1. The summed E-state index contributed by atoms with van der Waals surface area (Å²) < 4.78 is 5.09. The van der Waals surface area contributed by atoms with Crippen molar-refractivity contribution in [2.45, 2.75) is 59.0 Å². The summed E-state index contributed by atoms with van der Waals surface area (Å²) in [7, 11) is 0. The fourth-order valence-electron chi connectivity index (χ4n) is 1.29. The Morgan fingerprint density at radius 2 is 1.83 bits per heavy atom. The fourth-order valence-corrected chi connectivity index (χ4v) is 1.29. The van der Waals surface area contributed by atoms with Gasteiger partial charge in [-0.05, 0) is 46.5 Å². The van der Waals surface area contributed by atoms with Gasteiger partial charge in [0.1, 0.15) is 5.60 Å². The molecule has 0 aromatic heterocycles. The first-order valence-corrected chi connectivity index (χ1v) is 6.27. The van der Waals surface area contributed by atoms with Gasteiger partial charge < -0.3 is 10.1 Å². The van der Waals surface area contributed by atoms with Gasteiger partial charge in [-0.25, -0.2) is 4.79 Å². The number of carbonyl (C=O) groups excluding carboxylic acids is 2. The number of alkyl carbamates (subject to hydrolysis) is 1. The lowest BCUT2D eigenvalue weighted by Gasteiger charge is -2.19. The molecule has 0 bridgehead atoms. The maximum Gasteiger partial charge on any atom is 0.407 e. The van der Waals surface area contributed by atoms with Crippen LogP contribution < -0.4 is 5.32 Å². The van der Waals surface area contributed by atoms with Crippen LogP contribution in [0.2, 0.25) is 0 Å². The highest BCUT2D eigenvalue weighted by molar-refractivity contribution is 5.95. The highest BCUT2D eigenvalue weighted by Gasteiger charge is 2.15. The van der Waals surface area contributed by atoms with Crippen LogP contribution in [0.25, 0.3) is 0 Å². The largest absolute Gasteiger partial charge is 0.444 e. The number of hydrogen-bond donors (Lipinski definition) is 1. The lowest BCUT2D eigenvalue weighted by Crippen LogP contribution is -2.32. The quantitative estimate of drug-likeness (QED) is 0.450. The van der Waals surface area contributed by atoms with E-state index in [1.165, 1.54) is 0 Å². The van der Waals surface area contributed by atoms with Crippen LogP contribution in [0.1, 0.15) is 53.4 Å². The van der Waals surface area contributed by atoms with Crippen molar-refractivity contribution in [1.82, 2.24) is 5.32 Å². The molecule has 0 saturated heterocycles. The van der Waals surface area contributed by atoms with Gasteiger partial charge in [0.15, 0.2) is 0 Å². The topological polar surface area (TPSA) is 55.4 Å². The molecule has 0 heterocycles. The molecule has 4 heteroatoms. The summed E-state index contributed by atoms with van der Waals surface area (Å²) in [6.07, 6.45) is 2.64. The van der Waals surface area contributed by atoms with E-state index in [4.69, 9.17) is 4.74 Å². The predicted molar refractivity (Wildman–Crippen MR) is 71.2 cm³/mol. The van der Waals surface area contributed by atoms with Gasteiger partial charge in [0.25, 0.3) is 0 Å². The minimum atomic E-state index is -0.463. The van der Waals surface area contributed by atoms with E-state index in [9.17, 15) is 9.59 Å². The van der Waals surface area contributed by atoms with Gasteiger partial charge in [-0.3, -0.25) is 4.79 Å². The average Bonchev–Trinajstić information content (AvgIpc) is 2.21. The molecule has 0 fully saturated rings. The molecule has 0 unspecified atom stereocenters. The molecular formula is C14H23NO3. The Balaban J connectivity index is 3.48. The second-order valence-corrected chi connectivity index (χ2v) is 5.04. The summed E-state index contributed by atoms with van der Waals surface area (Å²) in [5, 5.41) is 2.68. The van der Waals surface area contributed by atoms with Crippen LogP contribution in [-0.2, 0) is 9.53 Å². The van der Waals surface area contributed by atoms with Crippen molar-refractivity contribution < 1.29 is 14.3 Å². The molecule has 102 valence electrons. The van der Waals surface area contributed by atoms with E-state index in [-0.39, 0.29) is 5.78 Å². The fraction of sp³-hybridized carbons (Fsp3) is 0.714. The molecule has 1 amide bonds. The molecule has 0 aromatic rings. The molecule has 0 atom stereocenters. The Morgan fingerprint density at radius 3 is 2.39 bits per heavy atom. The first-order valence-electron chi connectivity index (χ1n) is 6.27. The van der Waals surface area contributed by atoms with Crippen LogP contribution in [0.4, 0.5) is 4.79 Å². The molecule has 0 rings (SSSR count).